The Hall–Kier alpha value is -0.170. The molecule has 66 valence electrons. The van der Waals surface area contributed by atoms with Gasteiger partial charge in [-0.05, 0) is 12.1 Å². The number of nitrogens with zero attached hydrogens (tertiary/aromatic N) is 1. The third kappa shape index (κ3) is 2.71. The summed E-state index contributed by atoms with van der Waals surface area (Å²) >= 11 is -0.0365. The van der Waals surface area contributed by atoms with Gasteiger partial charge in [0.15, 0.2) is 0 Å². The van der Waals surface area contributed by atoms with Gasteiger partial charge in [-0.3, -0.25) is 4.98 Å². The highest BCUT2D eigenvalue weighted by atomic mass is 80.0. The van der Waals surface area contributed by atoms with Crippen molar-refractivity contribution in [2.45, 2.75) is 5.33 Å². The highest BCUT2D eigenvalue weighted by Gasteiger charge is 2.16. The fourth-order valence-electron chi connectivity index (χ4n) is 0.662. The lowest BCUT2D eigenvalue weighted by molar-refractivity contribution is -1.62. The molecule has 1 aromatic heterocycles. The van der Waals surface area contributed by atoms with Crippen LogP contribution in [0.2, 0.25) is 0 Å². The first-order valence-electron chi connectivity index (χ1n) is 2.97. The molecule has 0 saturated carbocycles. The van der Waals surface area contributed by atoms with Crippen LogP contribution < -0.4 is 12.2 Å². The average Bonchev–Trinajstić information content (AvgIpc) is 2.04. The molecule has 0 spiro atoms. The summed E-state index contributed by atoms with van der Waals surface area (Å²) in [5.41, 5.74) is 0.576. The summed E-state index contributed by atoms with van der Waals surface area (Å²) in [4.78, 5) is 3.92. The van der Waals surface area contributed by atoms with Crippen molar-refractivity contribution in [3.63, 3.8) is 0 Å². The molecule has 0 aliphatic carbocycles. The molecule has 0 aliphatic heterocycles. The predicted octanol–water partition coefficient (Wildman–Crippen LogP) is -0.558. The molecular weight excluding hydrogens is 294 g/mol. The lowest BCUT2D eigenvalue weighted by atomic mass is 10.3. The molecule has 12 heavy (non-hydrogen) atoms. The molecule has 1 rings (SSSR count). The van der Waals surface area contributed by atoms with E-state index in [1.165, 1.54) is 0 Å². The lowest BCUT2D eigenvalue weighted by Crippen LogP contribution is -2.37. The van der Waals surface area contributed by atoms with E-state index in [0.29, 0.717) is 11.0 Å². The smallest absolute Gasteiger partial charge is 0.361 e. The maximum Gasteiger partial charge on any atom is 0.501 e. The molecule has 0 unspecified atom stereocenters. The maximum atomic E-state index is 10.2. The average molecular weight is 299 g/mol. The number of aromatic nitrogens is 1. The van der Waals surface area contributed by atoms with Crippen LogP contribution in [-0.2, 0) is 5.33 Å². The van der Waals surface area contributed by atoms with Crippen LogP contribution >= 0.6 is 15.9 Å². The summed E-state index contributed by atoms with van der Waals surface area (Å²) in [6, 6.07) is 3.18. The first-order chi connectivity index (χ1) is 5.74. The third-order valence-electron chi connectivity index (χ3n) is 1.12. The van der Waals surface area contributed by atoms with Crippen LogP contribution in [0.4, 0.5) is 0 Å². The number of hydrogen-bond donors (Lipinski definition) is 0. The monoisotopic (exact) mass is 297 g/mol. The topological polar surface area (TPSA) is 68.2 Å². The molecule has 0 fully saturated rings. The fraction of sp³-hybridized carbons (Fsp3) is 0.167. The Kier molecular flexibility index (Phi) is 3.93. The van der Waals surface area contributed by atoms with E-state index < -0.39 is 14.8 Å². The van der Waals surface area contributed by atoms with Gasteiger partial charge in [-0.15, -0.1) is 3.83 Å². The Morgan fingerprint density at radius 1 is 1.58 bits per heavy atom. The lowest BCUT2D eigenvalue weighted by Gasteiger charge is -1.98. The molecule has 0 radical (unpaired) electrons. The summed E-state index contributed by atoms with van der Waals surface area (Å²) in [6.45, 7) is 0. The number of rotatable bonds is 3. The molecule has 0 bridgehead atoms. The first kappa shape index (κ1) is 9.91. The van der Waals surface area contributed by atoms with Gasteiger partial charge in [-0.25, -0.2) is 0 Å². The van der Waals surface area contributed by atoms with Gasteiger partial charge in [-0.1, -0.05) is 15.9 Å². The van der Waals surface area contributed by atoms with Crippen LogP contribution in [0.25, 0.3) is 0 Å². The molecule has 0 atom stereocenters. The number of halogens is 2. The SMILES string of the molecule is [O-][Br+2]([O-])Oc1cccnc1CBr. The second-order valence-electron chi connectivity index (χ2n) is 1.85. The van der Waals surface area contributed by atoms with E-state index in [0.717, 1.165) is 0 Å². The molecular formula is C6H5Br2NO3. The molecule has 0 amide bonds. The van der Waals surface area contributed by atoms with Crippen LogP contribution in [0.15, 0.2) is 18.3 Å². The summed E-state index contributed by atoms with van der Waals surface area (Å²) in [6.07, 6.45) is 1.58. The number of pyridine rings is 1. The van der Waals surface area contributed by atoms with Crippen molar-refractivity contribution in [1.82, 2.24) is 4.98 Å². The summed E-state index contributed by atoms with van der Waals surface area (Å²) in [5.74, 6) is 0.286. The van der Waals surface area contributed by atoms with Gasteiger partial charge in [0, 0.05) is 11.5 Å². The standard InChI is InChI=1S/C6H5Br2NO3/c7-4-5-6(12-8(10)11)2-1-3-9-5/h1-3H,4H2. The fourth-order valence-corrected chi connectivity index (χ4v) is 1.66. The molecule has 4 nitrogen and oxygen atoms in total. The van der Waals surface area contributed by atoms with E-state index in [9.17, 15) is 8.40 Å². The minimum atomic E-state index is -3.20. The second kappa shape index (κ2) is 4.76. The molecule has 0 aromatic carbocycles. The Morgan fingerprint density at radius 2 is 2.33 bits per heavy atom. The molecule has 1 heterocycles. The molecule has 0 N–H and O–H groups in total. The molecule has 0 saturated heterocycles. The largest absolute Gasteiger partial charge is 0.501 e. The highest BCUT2D eigenvalue weighted by Crippen LogP contribution is 2.18. The van der Waals surface area contributed by atoms with Crippen molar-refractivity contribution < 1.29 is 27.0 Å². The van der Waals surface area contributed by atoms with Crippen molar-refractivity contribution in [2.24, 2.45) is 0 Å². The normalized spacial score (nSPS) is 10.3. The second-order valence-corrected chi connectivity index (χ2v) is 3.53. The zero-order valence-corrected chi connectivity index (χ0v) is 9.04. The third-order valence-corrected chi connectivity index (χ3v) is 2.27. The van der Waals surface area contributed by atoms with E-state index in [1.54, 1.807) is 18.3 Å². The number of alkyl halides is 1. The van der Waals surface area contributed by atoms with E-state index in [4.69, 9.17) is 0 Å². The molecule has 1 aromatic rings. The minimum Gasteiger partial charge on any atom is -0.361 e. The first-order valence-corrected chi connectivity index (χ1v) is 6.04. The van der Waals surface area contributed by atoms with Gasteiger partial charge in [0.25, 0.3) is 5.75 Å². The van der Waals surface area contributed by atoms with Crippen LogP contribution in [0, 0.1) is 14.8 Å². The van der Waals surface area contributed by atoms with E-state index in [2.05, 4.69) is 24.7 Å². The summed E-state index contributed by atoms with van der Waals surface area (Å²) in [7, 11) is 0. The minimum absolute atomic E-state index is 0.286. The summed E-state index contributed by atoms with van der Waals surface area (Å²) in [5, 5.41) is 0.471. The van der Waals surface area contributed by atoms with E-state index in [1.807, 2.05) is 0 Å². The van der Waals surface area contributed by atoms with Crippen LogP contribution in [-0.4, -0.2) is 4.98 Å². The predicted molar refractivity (Wildman–Crippen MR) is 37.5 cm³/mol. The Bertz CT molecular complexity index is 256. The van der Waals surface area contributed by atoms with E-state index >= 15 is 0 Å². The molecule has 6 heteroatoms. The Balaban J connectivity index is 2.82. The van der Waals surface area contributed by atoms with Gasteiger partial charge in [0.05, 0.1) is 0 Å². The van der Waals surface area contributed by atoms with Crippen molar-refractivity contribution in [3.05, 3.63) is 24.0 Å². The highest BCUT2D eigenvalue weighted by molar-refractivity contribution is 9.08. The van der Waals surface area contributed by atoms with Gasteiger partial charge >= 0.3 is 14.8 Å². The van der Waals surface area contributed by atoms with Crippen LogP contribution in [0.1, 0.15) is 5.69 Å². The summed E-state index contributed by atoms with van der Waals surface area (Å²) < 4.78 is 25.0. The van der Waals surface area contributed by atoms with Crippen LogP contribution in [0.3, 0.4) is 0 Å². The maximum absolute atomic E-state index is 10.2. The van der Waals surface area contributed by atoms with Crippen molar-refractivity contribution in [2.75, 3.05) is 0 Å². The zero-order valence-electron chi connectivity index (χ0n) is 5.87. The quantitative estimate of drug-likeness (QED) is 0.702. The zero-order chi connectivity index (χ0) is 8.97. The Morgan fingerprint density at radius 3 is 2.92 bits per heavy atom. The van der Waals surface area contributed by atoms with Crippen molar-refractivity contribution in [3.8, 4) is 5.75 Å². The Labute approximate surface area is 83.1 Å². The van der Waals surface area contributed by atoms with Crippen molar-refractivity contribution >= 4 is 15.9 Å². The van der Waals surface area contributed by atoms with Gasteiger partial charge in [-0.2, -0.15) is 0 Å². The van der Waals surface area contributed by atoms with Gasteiger partial charge in [0.2, 0.25) is 0 Å². The van der Waals surface area contributed by atoms with E-state index in [-0.39, 0.29) is 5.75 Å². The number of hydrogen-bond acceptors (Lipinski definition) is 4. The van der Waals surface area contributed by atoms with Gasteiger partial charge in [0.1, 0.15) is 5.69 Å². The van der Waals surface area contributed by atoms with Crippen LogP contribution in [0.5, 0.6) is 5.75 Å². The van der Waals surface area contributed by atoms with Gasteiger partial charge < -0.3 is 8.40 Å². The molecule has 0 aliphatic rings. The van der Waals surface area contributed by atoms with Crippen molar-refractivity contribution in [1.29, 1.82) is 0 Å².